The Morgan fingerprint density at radius 2 is 2.11 bits per heavy atom. The van der Waals surface area contributed by atoms with Gasteiger partial charge in [-0.05, 0) is 43.4 Å². The Morgan fingerprint density at radius 3 is 2.71 bits per heavy atom. The van der Waals surface area contributed by atoms with Crippen LogP contribution < -0.4 is 10.6 Å². The summed E-state index contributed by atoms with van der Waals surface area (Å²) in [6.45, 7) is 6.24. The van der Waals surface area contributed by atoms with Crippen molar-refractivity contribution in [3.8, 4) is 5.69 Å². The lowest BCUT2D eigenvalue weighted by Crippen LogP contribution is -2.40. The Hall–Kier alpha value is -1.68. The molecule has 0 radical (unpaired) electrons. The van der Waals surface area contributed by atoms with E-state index in [1.54, 1.807) is 29.4 Å². The fraction of sp³-hybridized carbons (Fsp3) is 0.500. The van der Waals surface area contributed by atoms with Gasteiger partial charge >= 0.3 is 0 Å². The van der Waals surface area contributed by atoms with Crippen LogP contribution in [0.2, 0.25) is 0 Å². The van der Waals surface area contributed by atoms with Gasteiger partial charge in [-0.25, -0.2) is 14.4 Å². The molecule has 8 heteroatoms. The molecule has 0 aliphatic rings. The molecule has 0 saturated heterocycles. The molecule has 6 nitrogen and oxygen atoms in total. The number of nitrogens with zero attached hydrogens (tertiary/aromatic N) is 3. The monoisotopic (exact) mass is 503 g/mol. The van der Waals surface area contributed by atoms with Crippen molar-refractivity contribution in [2.24, 2.45) is 10.9 Å². The summed E-state index contributed by atoms with van der Waals surface area (Å²) in [5.74, 6) is 0.816. The molecule has 1 aromatic heterocycles. The average molecular weight is 503 g/mol. The number of nitrogens with one attached hydrogen (secondary N) is 2. The lowest BCUT2D eigenvalue weighted by Gasteiger charge is -2.18. The minimum Gasteiger partial charge on any atom is -0.396 e. The fourth-order valence-corrected chi connectivity index (χ4v) is 2.95. The Labute approximate surface area is 183 Å². The number of benzene rings is 1. The molecule has 3 N–H and O–H groups in total. The number of imidazole rings is 1. The zero-order valence-electron chi connectivity index (χ0n) is 16.6. The summed E-state index contributed by atoms with van der Waals surface area (Å²) < 4.78 is 16.0. The molecule has 0 fully saturated rings. The minimum atomic E-state index is -0.301. The smallest absolute Gasteiger partial charge is 0.191 e. The molecule has 0 aliphatic carbocycles. The highest BCUT2D eigenvalue weighted by atomic mass is 127. The third kappa shape index (κ3) is 7.75. The summed E-state index contributed by atoms with van der Waals surface area (Å²) in [5, 5.41) is 15.7. The SMILES string of the molecule is CCCC(CCO)CNC(=NCc1ccc(-n2ccnc2)c(F)c1)NCC.I. The maximum absolute atomic E-state index is 14.4. The van der Waals surface area contributed by atoms with Gasteiger partial charge in [0.25, 0.3) is 0 Å². The molecular weight excluding hydrogens is 472 g/mol. The number of halogens is 2. The molecule has 0 bridgehead atoms. The van der Waals surface area contributed by atoms with Crippen LogP contribution in [0.4, 0.5) is 4.39 Å². The molecule has 1 unspecified atom stereocenters. The standard InChI is InChI=1S/C20H30FN5O.HI/c1-3-5-16(8-11-27)13-24-20(23-4-2)25-14-17-6-7-19(18(21)12-17)26-10-9-22-15-26;/h6-7,9-10,12,15-16,27H,3-5,8,11,13-14H2,1-2H3,(H2,23,24,25);1H. The van der Waals surface area contributed by atoms with Crippen molar-refractivity contribution >= 4 is 29.9 Å². The van der Waals surface area contributed by atoms with Crippen LogP contribution in [0, 0.1) is 11.7 Å². The molecule has 1 heterocycles. The first kappa shape index (κ1) is 24.4. The van der Waals surface area contributed by atoms with Crippen LogP contribution in [0.15, 0.2) is 41.9 Å². The predicted octanol–water partition coefficient (Wildman–Crippen LogP) is 3.48. The maximum atomic E-state index is 14.4. The van der Waals surface area contributed by atoms with Gasteiger partial charge in [0.15, 0.2) is 5.96 Å². The van der Waals surface area contributed by atoms with Gasteiger partial charge in [0.1, 0.15) is 5.82 Å². The highest BCUT2D eigenvalue weighted by Crippen LogP contribution is 2.15. The summed E-state index contributed by atoms with van der Waals surface area (Å²) in [7, 11) is 0. The number of rotatable bonds is 10. The Kier molecular flexibility index (Phi) is 11.7. The number of hydrogen-bond donors (Lipinski definition) is 3. The van der Waals surface area contributed by atoms with Crippen LogP contribution in [-0.4, -0.2) is 40.3 Å². The molecule has 1 aromatic carbocycles. The number of aliphatic imine (C=N–C) groups is 1. The summed E-state index contributed by atoms with van der Waals surface area (Å²) in [6.07, 6.45) is 7.83. The van der Waals surface area contributed by atoms with E-state index < -0.39 is 0 Å². The molecule has 2 rings (SSSR count). The molecule has 0 saturated carbocycles. The molecule has 0 amide bonds. The third-order valence-corrected chi connectivity index (χ3v) is 4.35. The van der Waals surface area contributed by atoms with Crippen LogP contribution >= 0.6 is 24.0 Å². The number of hydrogen-bond acceptors (Lipinski definition) is 3. The van der Waals surface area contributed by atoms with Crippen LogP contribution in [0.3, 0.4) is 0 Å². The van der Waals surface area contributed by atoms with E-state index in [0.717, 1.165) is 37.9 Å². The molecule has 0 aliphatic heterocycles. The summed E-state index contributed by atoms with van der Waals surface area (Å²) in [4.78, 5) is 8.50. The van der Waals surface area contributed by atoms with Crippen molar-refractivity contribution in [1.29, 1.82) is 0 Å². The molecule has 0 spiro atoms. The highest BCUT2D eigenvalue weighted by Gasteiger charge is 2.09. The Morgan fingerprint density at radius 1 is 1.29 bits per heavy atom. The zero-order chi connectivity index (χ0) is 19.5. The van der Waals surface area contributed by atoms with Gasteiger partial charge in [0, 0.05) is 32.1 Å². The lowest BCUT2D eigenvalue weighted by atomic mass is 10.0. The number of guanidine groups is 1. The second-order valence-electron chi connectivity index (χ2n) is 6.50. The van der Waals surface area contributed by atoms with E-state index in [4.69, 9.17) is 0 Å². The second kappa shape index (κ2) is 13.5. The lowest BCUT2D eigenvalue weighted by molar-refractivity contribution is 0.251. The Balaban J connectivity index is 0.00000392. The summed E-state index contributed by atoms with van der Waals surface area (Å²) >= 11 is 0. The number of aliphatic hydroxyl groups excluding tert-OH is 1. The van der Waals surface area contributed by atoms with Crippen LogP contribution in [-0.2, 0) is 6.54 Å². The van der Waals surface area contributed by atoms with Crippen molar-refractivity contribution in [3.63, 3.8) is 0 Å². The Bertz CT molecular complexity index is 703. The van der Waals surface area contributed by atoms with Gasteiger partial charge in [-0.15, -0.1) is 24.0 Å². The van der Waals surface area contributed by atoms with Gasteiger partial charge in [-0.3, -0.25) is 0 Å². The van der Waals surface area contributed by atoms with Crippen LogP contribution in [0.1, 0.15) is 38.7 Å². The molecular formula is C20H31FIN5O. The van der Waals surface area contributed by atoms with Crippen molar-refractivity contribution in [1.82, 2.24) is 20.2 Å². The van der Waals surface area contributed by atoms with Gasteiger partial charge < -0.3 is 20.3 Å². The minimum absolute atomic E-state index is 0. The van der Waals surface area contributed by atoms with Crippen LogP contribution in [0.5, 0.6) is 0 Å². The van der Waals surface area contributed by atoms with E-state index in [-0.39, 0.29) is 36.4 Å². The second-order valence-corrected chi connectivity index (χ2v) is 6.50. The quantitative estimate of drug-likeness (QED) is 0.264. The van der Waals surface area contributed by atoms with Gasteiger partial charge in [-0.1, -0.05) is 19.4 Å². The zero-order valence-corrected chi connectivity index (χ0v) is 18.9. The topological polar surface area (TPSA) is 74.5 Å². The van der Waals surface area contributed by atoms with Crippen molar-refractivity contribution in [3.05, 3.63) is 48.3 Å². The first-order valence-electron chi connectivity index (χ1n) is 9.57. The first-order valence-corrected chi connectivity index (χ1v) is 9.57. The maximum Gasteiger partial charge on any atom is 0.191 e. The van der Waals surface area contributed by atoms with E-state index >= 15 is 0 Å². The van der Waals surface area contributed by atoms with Gasteiger partial charge in [-0.2, -0.15) is 0 Å². The normalized spacial score (nSPS) is 12.4. The van der Waals surface area contributed by atoms with E-state index in [1.807, 2.05) is 13.0 Å². The van der Waals surface area contributed by atoms with Crippen molar-refractivity contribution < 1.29 is 9.50 Å². The predicted molar refractivity (Wildman–Crippen MR) is 122 cm³/mol. The average Bonchev–Trinajstić information content (AvgIpc) is 3.18. The largest absolute Gasteiger partial charge is 0.396 e. The van der Waals surface area contributed by atoms with Crippen LogP contribution in [0.25, 0.3) is 5.69 Å². The summed E-state index contributed by atoms with van der Waals surface area (Å²) in [5.41, 5.74) is 1.27. The first-order chi connectivity index (χ1) is 13.2. The van der Waals surface area contributed by atoms with E-state index in [0.29, 0.717) is 24.1 Å². The van der Waals surface area contributed by atoms with Crippen molar-refractivity contribution in [2.75, 3.05) is 19.7 Å². The van der Waals surface area contributed by atoms with E-state index in [2.05, 4.69) is 27.5 Å². The fourth-order valence-electron chi connectivity index (χ4n) is 2.95. The van der Waals surface area contributed by atoms with Crippen molar-refractivity contribution in [2.45, 2.75) is 39.7 Å². The molecule has 2 aromatic rings. The molecule has 1 atom stereocenters. The van der Waals surface area contributed by atoms with Gasteiger partial charge in [0.2, 0.25) is 0 Å². The highest BCUT2D eigenvalue weighted by molar-refractivity contribution is 14.0. The van der Waals surface area contributed by atoms with E-state index in [9.17, 15) is 9.50 Å². The number of aliphatic hydroxyl groups is 1. The number of aromatic nitrogens is 2. The molecule has 28 heavy (non-hydrogen) atoms. The third-order valence-electron chi connectivity index (χ3n) is 4.35. The molecule has 156 valence electrons. The van der Waals surface area contributed by atoms with E-state index in [1.165, 1.54) is 6.07 Å². The van der Waals surface area contributed by atoms with Gasteiger partial charge in [0.05, 0.1) is 18.6 Å². The summed E-state index contributed by atoms with van der Waals surface area (Å²) in [6, 6.07) is 5.12.